The number of anilines is 2. The van der Waals surface area contributed by atoms with Crippen LogP contribution in [0.3, 0.4) is 0 Å². The number of aryl methyl sites for hydroxylation is 1. The second-order valence-corrected chi connectivity index (χ2v) is 5.84. The monoisotopic (exact) mass is 359 g/mol. The summed E-state index contributed by atoms with van der Waals surface area (Å²) in [5, 5.41) is 9.50. The molecule has 0 aliphatic carbocycles. The topological polar surface area (TPSA) is 67.2 Å². The molecule has 3 rings (SSSR count). The average molecular weight is 360 g/mol. The van der Waals surface area contributed by atoms with Crippen LogP contribution in [0.25, 0.3) is 0 Å². The van der Waals surface area contributed by atoms with Gasteiger partial charge in [-0.2, -0.15) is 0 Å². The van der Waals surface area contributed by atoms with Gasteiger partial charge in [0.25, 0.3) is 5.91 Å². The van der Waals surface area contributed by atoms with E-state index < -0.39 is 11.9 Å². The lowest BCUT2D eigenvalue weighted by molar-refractivity contribution is -0.117. The first-order chi connectivity index (χ1) is 12.0. The van der Waals surface area contributed by atoms with Gasteiger partial charge in [0.15, 0.2) is 5.82 Å². The quantitative estimate of drug-likeness (QED) is 0.700. The molecule has 5 nitrogen and oxygen atoms in total. The first-order valence-corrected chi connectivity index (χ1v) is 7.91. The second kappa shape index (κ2) is 7.36. The summed E-state index contributed by atoms with van der Waals surface area (Å²) in [5.41, 5.74) is 1.26. The Morgan fingerprint density at radius 1 is 1.20 bits per heavy atom. The molecule has 0 saturated heterocycles. The summed E-state index contributed by atoms with van der Waals surface area (Å²) in [5.74, 6) is 0.0538. The summed E-state index contributed by atoms with van der Waals surface area (Å²) in [4.78, 5) is 12.7. The normalized spacial score (nSPS) is 11.8. The number of nitrogens with one attached hydrogen (secondary N) is 2. The van der Waals surface area contributed by atoms with Crippen LogP contribution in [0, 0.1) is 12.7 Å². The second-order valence-electron chi connectivity index (χ2n) is 5.43. The van der Waals surface area contributed by atoms with E-state index in [1.807, 2.05) is 30.3 Å². The minimum Gasteiger partial charge on any atom is -0.370 e. The molecule has 0 aliphatic rings. The van der Waals surface area contributed by atoms with E-state index in [0.717, 1.165) is 5.56 Å². The van der Waals surface area contributed by atoms with Gasteiger partial charge in [-0.15, -0.1) is 0 Å². The summed E-state index contributed by atoms with van der Waals surface area (Å²) in [6.45, 7) is 1.73. The zero-order chi connectivity index (χ0) is 17.8. The number of carbonyl (C=O) groups excluding carboxylic acids is 1. The van der Waals surface area contributed by atoms with Gasteiger partial charge in [-0.25, -0.2) is 4.39 Å². The first kappa shape index (κ1) is 17.0. The number of aromatic nitrogens is 1. The van der Waals surface area contributed by atoms with Gasteiger partial charge in [0, 0.05) is 11.8 Å². The summed E-state index contributed by atoms with van der Waals surface area (Å²) < 4.78 is 18.3. The zero-order valence-corrected chi connectivity index (χ0v) is 14.0. The number of carbonyl (C=O) groups is 1. The molecule has 1 aromatic heterocycles. The fourth-order valence-corrected chi connectivity index (χ4v) is 2.50. The number of nitrogens with zero attached hydrogens (tertiary/aromatic N) is 1. The highest BCUT2D eigenvalue weighted by Crippen LogP contribution is 2.25. The van der Waals surface area contributed by atoms with Gasteiger partial charge >= 0.3 is 0 Å². The maximum absolute atomic E-state index is 13.3. The number of amides is 1. The Labute approximate surface area is 148 Å². The lowest BCUT2D eigenvalue weighted by Gasteiger charge is -2.19. The van der Waals surface area contributed by atoms with Crippen LogP contribution in [0.2, 0.25) is 5.02 Å². The number of hydrogen-bond acceptors (Lipinski definition) is 4. The van der Waals surface area contributed by atoms with Gasteiger partial charge in [-0.1, -0.05) is 47.1 Å². The van der Waals surface area contributed by atoms with Crippen molar-refractivity contribution in [1.29, 1.82) is 0 Å². The van der Waals surface area contributed by atoms with Gasteiger partial charge in [-0.05, 0) is 30.7 Å². The van der Waals surface area contributed by atoms with Crippen LogP contribution >= 0.6 is 11.6 Å². The van der Waals surface area contributed by atoms with E-state index >= 15 is 0 Å². The molecule has 2 N–H and O–H groups in total. The Morgan fingerprint density at radius 2 is 1.96 bits per heavy atom. The molecule has 0 bridgehead atoms. The highest BCUT2D eigenvalue weighted by molar-refractivity contribution is 6.31. The molecule has 128 valence electrons. The van der Waals surface area contributed by atoms with E-state index in [1.54, 1.807) is 13.0 Å². The molecule has 3 aromatic rings. The van der Waals surface area contributed by atoms with Crippen LogP contribution in [0.5, 0.6) is 0 Å². The van der Waals surface area contributed by atoms with Crippen molar-refractivity contribution in [3.8, 4) is 0 Å². The molecular weight excluding hydrogens is 345 g/mol. The molecule has 0 fully saturated rings. The molecule has 0 spiro atoms. The summed E-state index contributed by atoms with van der Waals surface area (Å²) in [6.07, 6.45) is 0. The first-order valence-electron chi connectivity index (χ1n) is 7.53. The molecule has 25 heavy (non-hydrogen) atoms. The molecule has 2 aromatic carbocycles. The molecule has 0 saturated carbocycles. The fourth-order valence-electron chi connectivity index (χ4n) is 2.32. The lowest BCUT2D eigenvalue weighted by Crippen LogP contribution is -2.27. The number of rotatable bonds is 5. The third kappa shape index (κ3) is 4.16. The lowest BCUT2D eigenvalue weighted by atomic mass is 10.1. The Balaban J connectivity index is 1.86. The minimum absolute atomic E-state index is 0.0238. The molecule has 0 aliphatic heterocycles. The molecule has 1 amide bonds. The van der Waals surface area contributed by atoms with E-state index in [2.05, 4.69) is 15.8 Å². The van der Waals surface area contributed by atoms with Crippen molar-refractivity contribution >= 4 is 29.0 Å². The van der Waals surface area contributed by atoms with E-state index in [1.165, 1.54) is 18.2 Å². The maximum Gasteiger partial charge on any atom is 0.252 e. The van der Waals surface area contributed by atoms with Crippen LogP contribution in [0.15, 0.2) is 59.1 Å². The molecule has 1 atom stereocenters. The number of hydrogen-bond donors (Lipinski definition) is 2. The summed E-state index contributed by atoms with van der Waals surface area (Å²) in [6, 6.07) is 14.2. The van der Waals surface area contributed by atoms with E-state index in [0.29, 0.717) is 17.3 Å². The van der Waals surface area contributed by atoms with Crippen LogP contribution in [-0.4, -0.2) is 11.1 Å². The number of benzene rings is 2. The van der Waals surface area contributed by atoms with Crippen LogP contribution in [-0.2, 0) is 4.79 Å². The Kier molecular flexibility index (Phi) is 5.00. The summed E-state index contributed by atoms with van der Waals surface area (Å²) >= 11 is 5.82. The Bertz CT molecular complexity index is 883. The molecule has 7 heteroatoms. The summed E-state index contributed by atoms with van der Waals surface area (Å²) in [7, 11) is 0. The minimum atomic E-state index is -0.722. The van der Waals surface area contributed by atoms with E-state index in [9.17, 15) is 9.18 Å². The van der Waals surface area contributed by atoms with Gasteiger partial charge in [0.2, 0.25) is 0 Å². The maximum atomic E-state index is 13.3. The van der Waals surface area contributed by atoms with Crippen LogP contribution in [0.4, 0.5) is 15.9 Å². The molecule has 1 unspecified atom stereocenters. The standard InChI is InChI=1S/C18H15ClFN3O2/c1-11-9-16(23-25-11)22-18(24)17(12-5-3-2-4-6-12)21-13-7-8-15(20)14(19)10-13/h2-10,17,21H,1H3,(H,22,23,24). The molecular formula is C18H15ClFN3O2. The third-order valence-electron chi connectivity index (χ3n) is 3.50. The van der Waals surface area contributed by atoms with E-state index in [4.69, 9.17) is 16.1 Å². The highest BCUT2D eigenvalue weighted by atomic mass is 35.5. The fraction of sp³-hybridized carbons (Fsp3) is 0.111. The smallest absolute Gasteiger partial charge is 0.252 e. The average Bonchev–Trinajstić information content (AvgIpc) is 3.01. The molecule has 0 radical (unpaired) electrons. The van der Waals surface area contributed by atoms with Crippen LogP contribution < -0.4 is 10.6 Å². The predicted octanol–water partition coefficient (Wildman–Crippen LogP) is 4.57. The highest BCUT2D eigenvalue weighted by Gasteiger charge is 2.22. The van der Waals surface area contributed by atoms with Gasteiger partial charge in [0.05, 0.1) is 5.02 Å². The van der Waals surface area contributed by atoms with Crippen molar-refractivity contribution in [1.82, 2.24) is 5.16 Å². The van der Waals surface area contributed by atoms with Gasteiger partial charge < -0.3 is 15.2 Å². The predicted molar refractivity (Wildman–Crippen MR) is 94.1 cm³/mol. The van der Waals surface area contributed by atoms with Crippen molar-refractivity contribution in [2.45, 2.75) is 13.0 Å². The SMILES string of the molecule is Cc1cc(NC(=O)C(Nc2ccc(F)c(Cl)c2)c2ccccc2)no1. The van der Waals surface area contributed by atoms with Crippen molar-refractivity contribution in [2.75, 3.05) is 10.6 Å². The zero-order valence-electron chi connectivity index (χ0n) is 13.3. The largest absolute Gasteiger partial charge is 0.370 e. The third-order valence-corrected chi connectivity index (χ3v) is 3.79. The molecule has 1 heterocycles. The number of halogens is 2. The van der Waals surface area contributed by atoms with Gasteiger partial charge in [-0.3, -0.25) is 4.79 Å². The van der Waals surface area contributed by atoms with Crippen molar-refractivity contribution < 1.29 is 13.7 Å². The van der Waals surface area contributed by atoms with Crippen molar-refractivity contribution in [3.63, 3.8) is 0 Å². The van der Waals surface area contributed by atoms with Crippen molar-refractivity contribution in [3.05, 3.63) is 76.8 Å². The van der Waals surface area contributed by atoms with E-state index in [-0.39, 0.29) is 10.9 Å². The van der Waals surface area contributed by atoms with Crippen molar-refractivity contribution in [2.24, 2.45) is 0 Å². The Morgan fingerprint density at radius 3 is 2.60 bits per heavy atom. The van der Waals surface area contributed by atoms with Gasteiger partial charge in [0.1, 0.15) is 17.6 Å². The Hall–Kier alpha value is -2.86. The van der Waals surface area contributed by atoms with Crippen LogP contribution in [0.1, 0.15) is 17.4 Å².